The van der Waals surface area contributed by atoms with Gasteiger partial charge in [0.25, 0.3) is 5.56 Å². The van der Waals surface area contributed by atoms with Gasteiger partial charge in [-0.25, -0.2) is 19.3 Å². The van der Waals surface area contributed by atoms with Gasteiger partial charge in [-0.15, -0.1) is 0 Å². The number of fused-ring (bicyclic) bond motifs is 1. The third kappa shape index (κ3) is 3.80. The zero-order valence-electron chi connectivity index (χ0n) is 18.0. The fraction of sp³-hybridized carbons (Fsp3) is 0.217. The van der Waals surface area contributed by atoms with Crippen LogP contribution in [0.2, 0.25) is 5.02 Å². The molecule has 0 spiro atoms. The molecule has 1 aliphatic carbocycles. The minimum absolute atomic E-state index is 0.0528. The van der Waals surface area contributed by atoms with Crippen LogP contribution in [0.4, 0.5) is 16.0 Å². The van der Waals surface area contributed by atoms with Gasteiger partial charge in [-0.1, -0.05) is 17.7 Å². The maximum atomic E-state index is 14.1. The van der Waals surface area contributed by atoms with Crippen molar-refractivity contribution in [3.8, 4) is 11.8 Å². The summed E-state index contributed by atoms with van der Waals surface area (Å²) in [5.74, 6) is 0.508. The molecule has 1 saturated carbocycles. The monoisotopic (exact) mass is 476 g/mol. The number of benzene rings is 1. The van der Waals surface area contributed by atoms with Crippen molar-refractivity contribution in [2.75, 3.05) is 11.1 Å². The fourth-order valence-corrected chi connectivity index (χ4v) is 4.22. The normalized spacial score (nSPS) is 14.1. The van der Waals surface area contributed by atoms with Gasteiger partial charge in [0.1, 0.15) is 34.9 Å². The molecule has 0 radical (unpaired) electrons. The van der Waals surface area contributed by atoms with Gasteiger partial charge in [-0.3, -0.25) is 14.3 Å². The van der Waals surface area contributed by atoms with E-state index in [1.165, 1.54) is 16.8 Å². The SMILES string of the molecule is Cc1nc(N)c(C#N)c(N[C@H](c2nc3cccc(Cl)c3c(=O)n2-c2cncc(F)c2)C2CC2)n1. The molecular formula is C23H18ClFN8O. The lowest BCUT2D eigenvalue weighted by Crippen LogP contribution is -2.30. The Bertz CT molecular complexity index is 1540. The first-order valence-electron chi connectivity index (χ1n) is 10.5. The molecular weight excluding hydrogens is 459 g/mol. The van der Waals surface area contributed by atoms with Crippen LogP contribution in [0.15, 0.2) is 41.5 Å². The molecule has 4 aromatic rings. The fourth-order valence-electron chi connectivity index (χ4n) is 3.97. The zero-order valence-corrected chi connectivity index (χ0v) is 18.7. The molecule has 1 fully saturated rings. The van der Waals surface area contributed by atoms with Crippen molar-refractivity contribution >= 4 is 34.1 Å². The first-order chi connectivity index (χ1) is 16.4. The second kappa shape index (κ2) is 8.35. The summed E-state index contributed by atoms with van der Waals surface area (Å²) in [5, 5.41) is 13.3. The van der Waals surface area contributed by atoms with Crippen molar-refractivity contribution in [2.45, 2.75) is 25.8 Å². The lowest BCUT2D eigenvalue weighted by molar-refractivity contribution is 0.599. The number of nitrogens with zero attached hydrogens (tertiary/aromatic N) is 6. The highest BCUT2D eigenvalue weighted by Gasteiger charge is 2.37. The lowest BCUT2D eigenvalue weighted by atomic mass is 10.1. The highest BCUT2D eigenvalue weighted by molar-refractivity contribution is 6.35. The Kier molecular flexibility index (Phi) is 5.34. The molecule has 0 unspecified atom stereocenters. The van der Waals surface area contributed by atoms with Gasteiger partial charge in [-0.2, -0.15) is 5.26 Å². The number of nitrogens with one attached hydrogen (secondary N) is 1. The Hall–Kier alpha value is -4.10. The Morgan fingerprint density at radius 3 is 2.79 bits per heavy atom. The number of aryl methyl sites for hydroxylation is 1. The third-order valence-corrected chi connectivity index (χ3v) is 5.96. The first-order valence-corrected chi connectivity index (χ1v) is 10.9. The minimum atomic E-state index is -0.600. The van der Waals surface area contributed by atoms with E-state index in [0.717, 1.165) is 19.0 Å². The first kappa shape index (κ1) is 21.7. The molecule has 1 aliphatic rings. The van der Waals surface area contributed by atoms with Gasteiger partial charge in [0.05, 0.1) is 40.0 Å². The molecule has 0 aliphatic heterocycles. The van der Waals surface area contributed by atoms with Crippen LogP contribution in [-0.4, -0.2) is 24.5 Å². The quantitative estimate of drug-likeness (QED) is 0.445. The van der Waals surface area contributed by atoms with Gasteiger partial charge in [0.2, 0.25) is 0 Å². The molecule has 34 heavy (non-hydrogen) atoms. The summed E-state index contributed by atoms with van der Waals surface area (Å²) in [6.07, 6.45) is 4.17. The molecule has 0 bridgehead atoms. The molecule has 11 heteroatoms. The molecule has 0 saturated heterocycles. The van der Waals surface area contributed by atoms with Gasteiger partial charge < -0.3 is 11.1 Å². The topological polar surface area (TPSA) is 135 Å². The van der Waals surface area contributed by atoms with Crippen LogP contribution < -0.4 is 16.6 Å². The number of rotatable bonds is 5. The van der Waals surface area contributed by atoms with E-state index in [2.05, 4.69) is 20.3 Å². The molecule has 9 nitrogen and oxygen atoms in total. The van der Waals surface area contributed by atoms with Crippen LogP contribution in [0.3, 0.4) is 0 Å². The highest BCUT2D eigenvalue weighted by Crippen LogP contribution is 2.43. The summed E-state index contributed by atoms with van der Waals surface area (Å²) in [5.41, 5.74) is 6.20. The number of nitrogen functional groups attached to an aromatic ring is 1. The summed E-state index contributed by atoms with van der Waals surface area (Å²) in [6, 6.07) is 7.71. The average molecular weight is 477 g/mol. The molecule has 5 rings (SSSR count). The van der Waals surface area contributed by atoms with Crippen LogP contribution in [0.5, 0.6) is 0 Å². The highest BCUT2D eigenvalue weighted by atomic mass is 35.5. The van der Waals surface area contributed by atoms with E-state index < -0.39 is 17.4 Å². The smallest absolute Gasteiger partial charge is 0.267 e. The maximum Gasteiger partial charge on any atom is 0.267 e. The predicted octanol–water partition coefficient (Wildman–Crippen LogP) is 3.69. The summed E-state index contributed by atoms with van der Waals surface area (Å²) >= 11 is 6.34. The van der Waals surface area contributed by atoms with Crippen molar-refractivity contribution in [3.05, 3.63) is 75.1 Å². The second-order valence-corrected chi connectivity index (χ2v) is 8.46. The van der Waals surface area contributed by atoms with Crippen molar-refractivity contribution in [2.24, 2.45) is 5.92 Å². The standard InChI is InChI=1S/C23H18ClFN8O/c1-11-29-20(27)15(8-26)21(30-11)32-19(12-5-6-12)22-31-17-4-2-3-16(24)18(17)23(34)33(22)14-7-13(25)9-28-10-14/h2-4,7,9-10,12,19H,5-6H2,1H3,(H3,27,29,30,32)/t19-/m0/s1. The molecule has 1 atom stereocenters. The number of nitrogens with two attached hydrogens (primary N) is 1. The van der Waals surface area contributed by atoms with E-state index in [1.54, 1.807) is 25.1 Å². The molecule has 170 valence electrons. The van der Waals surface area contributed by atoms with E-state index in [4.69, 9.17) is 22.3 Å². The Morgan fingerprint density at radius 1 is 1.29 bits per heavy atom. The largest absolute Gasteiger partial charge is 0.382 e. The summed E-state index contributed by atoms with van der Waals surface area (Å²) in [7, 11) is 0. The van der Waals surface area contributed by atoms with Crippen molar-refractivity contribution in [1.82, 2.24) is 24.5 Å². The van der Waals surface area contributed by atoms with Crippen LogP contribution >= 0.6 is 11.6 Å². The van der Waals surface area contributed by atoms with Crippen molar-refractivity contribution in [3.63, 3.8) is 0 Å². The number of hydrogen-bond acceptors (Lipinski definition) is 8. The average Bonchev–Trinajstić information content (AvgIpc) is 3.62. The maximum absolute atomic E-state index is 14.1. The number of hydrogen-bond donors (Lipinski definition) is 2. The molecule has 3 heterocycles. The van der Waals surface area contributed by atoms with Gasteiger partial charge in [-0.05, 0) is 37.8 Å². The summed E-state index contributed by atoms with van der Waals surface area (Å²) < 4.78 is 15.4. The Labute approximate surface area is 198 Å². The Balaban J connectivity index is 1.77. The van der Waals surface area contributed by atoms with Gasteiger partial charge in [0.15, 0.2) is 5.82 Å². The van der Waals surface area contributed by atoms with Crippen LogP contribution in [0, 0.1) is 30.0 Å². The van der Waals surface area contributed by atoms with Gasteiger partial charge in [0, 0.05) is 6.07 Å². The van der Waals surface area contributed by atoms with E-state index in [-0.39, 0.29) is 39.2 Å². The van der Waals surface area contributed by atoms with Crippen LogP contribution in [0.25, 0.3) is 16.6 Å². The van der Waals surface area contributed by atoms with E-state index in [0.29, 0.717) is 17.2 Å². The van der Waals surface area contributed by atoms with E-state index in [1.807, 2.05) is 6.07 Å². The number of anilines is 2. The number of nitriles is 1. The molecule has 3 N–H and O–H groups in total. The number of aromatic nitrogens is 5. The molecule has 1 aromatic carbocycles. The van der Waals surface area contributed by atoms with Crippen LogP contribution in [0.1, 0.15) is 36.1 Å². The lowest BCUT2D eigenvalue weighted by Gasteiger charge is -2.23. The zero-order chi connectivity index (χ0) is 24.0. The second-order valence-electron chi connectivity index (χ2n) is 8.06. The molecule has 0 amide bonds. The van der Waals surface area contributed by atoms with Crippen LogP contribution in [-0.2, 0) is 0 Å². The summed E-state index contributed by atoms with van der Waals surface area (Å²) in [4.78, 5) is 30.8. The minimum Gasteiger partial charge on any atom is -0.382 e. The van der Waals surface area contributed by atoms with Crippen molar-refractivity contribution in [1.29, 1.82) is 5.26 Å². The Morgan fingerprint density at radius 2 is 2.09 bits per heavy atom. The molecule has 3 aromatic heterocycles. The van der Waals surface area contributed by atoms with Crippen molar-refractivity contribution < 1.29 is 4.39 Å². The number of pyridine rings is 1. The van der Waals surface area contributed by atoms with E-state index >= 15 is 0 Å². The third-order valence-electron chi connectivity index (χ3n) is 5.65. The predicted molar refractivity (Wildman–Crippen MR) is 125 cm³/mol. The van der Waals surface area contributed by atoms with Gasteiger partial charge >= 0.3 is 0 Å². The van der Waals surface area contributed by atoms with E-state index in [9.17, 15) is 14.4 Å². The summed E-state index contributed by atoms with van der Waals surface area (Å²) in [6.45, 7) is 1.67. The number of halogens is 2.